The molecule has 18 heavy (non-hydrogen) atoms. The first kappa shape index (κ1) is 14.5. The molecule has 0 bridgehead atoms. The fourth-order valence-electron chi connectivity index (χ4n) is 2.09. The maximum atomic E-state index is 9.19. The van der Waals surface area contributed by atoms with Crippen molar-refractivity contribution in [1.29, 1.82) is 5.26 Å². The van der Waals surface area contributed by atoms with Crippen molar-refractivity contribution in [3.05, 3.63) is 23.4 Å². The highest BCUT2D eigenvalue weighted by atomic mass is 15.0. The molecule has 1 unspecified atom stereocenters. The van der Waals surface area contributed by atoms with Gasteiger partial charge in [-0.15, -0.1) is 0 Å². The first-order valence-electron chi connectivity index (χ1n) is 6.85. The summed E-state index contributed by atoms with van der Waals surface area (Å²) in [6.45, 7) is 6.34. The number of hydrogen-bond donors (Lipinski definition) is 1. The van der Waals surface area contributed by atoms with Crippen molar-refractivity contribution in [2.24, 2.45) is 0 Å². The van der Waals surface area contributed by atoms with Crippen LogP contribution in [0.25, 0.3) is 0 Å². The zero-order valence-electron chi connectivity index (χ0n) is 11.7. The van der Waals surface area contributed by atoms with Gasteiger partial charge < -0.3 is 5.32 Å². The summed E-state index contributed by atoms with van der Waals surface area (Å²) < 4.78 is 0. The number of nitriles is 1. The lowest BCUT2D eigenvalue weighted by atomic mass is 10.0. The van der Waals surface area contributed by atoms with Gasteiger partial charge in [-0.2, -0.15) is 5.26 Å². The summed E-state index contributed by atoms with van der Waals surface area (Å²) in [5, 5.41) is 12.6. The molecule has 3 heteroatoms. The van der Waals surface area contributed by atoms with Gasteiger partial charge in [0.05, 0.1) is 5.56 Å². The maximum absolute atomic E-state index is 9.19. The van der Waals surface area contributed by atoms with Gasteiger partial charge in [0, 0.05) is 12.2 Å². The van der Waals surface area contributed by atoms with Crippen molar-refractivity contribution in [2.75, 3.05) is 5.32 Å². The van der Waals surface area contributed by atoms with Gasteiger partial charge in [-0.3, -0.25) is 0 Å². The highest BCUT2D eigenvalue weighted by molar-refractivity contribution is 5.55. The van der Waals surface area contributed by atoms with Crippen molar-refractivity contribution in [3.63, 3.8) is 0 Å². The number of unbranched alkanes of at least 4 members (excludes halogenated alkanes) is 1. The van der Waals surface area contributed by atoms with Crippen LogP contribution in [-0.4, -0.2) is 11.0 Å². The molecule has 0 aliphatic heterocycles. The van der Waals surface area contributed by atoms with Crippen molar-refractivity contribution >= 4 is 5.82 Å². The normalized spacial score (nSPS) is 11.9. The molecule has 1 heterocycles. The monoisotopic (exact) mass is 245 g/mol. The van der Waals surface area contributed by atoms with Gasteiger partial charge in [-0.25, -0.2) is 4.98 Å². The zero-order valence-corrected chi connectivity index (χ0v) is 11.7. The quantitative estimate of drug-likeness (QED) is 0.789. The second-order valence-corrected chi connectivity index (χ2v) is 4.74. The van der Waals surface area contributed by atoms with Crippen LogP contribution in [0.2, 0.25) is 0 Å². The van der Waals surface area contributed by atoms with Crippen LogP contribution in [0, 0.1) is 18.3 Å². The molecular formula is C15H23N3. The molecule has 0 aliphatic rings. The van der Waals surface area contributed by atoms with Crippen LogP contribution in [0.15, 0.2) is 12.3 Å². The molecule has 98 valence electrons. The molecule has 0 radical (unpaired) electrons. The van der Waals surface area contributed by atoms with Crippen molar-refractivity contribution < 1.29 is 0 Å². The van der Waals surface area contributed by atoms with E-state index in [1.165, 1.54) is 12.8 Å². The third kappa shape index (κ3) is 4.03. The van der Waals surface area contributed by atoms with Gasteiger partial charge in [0.2, 0.25) is 0 Å². The van der Waals surface area contributed by atoms with Crippen LogP contribution >= 0.6 is 0 Å². The van der Waals surface area contributed by atoms with E-state index in [4.69, 9.17) is 0 Å². The number of aromatic nitrogens is 1. The van der Waals surface area contributed by atoms with Gasteiger partial charge in [0.15, 0.2) is 0 Å². The Morgan fingerprint density at radius 3 is 2.72 bits per heavy atom. The average Bonchev–Trinajstić information content (AvgIpc) is 2.36. The van der Waals surface area contributed by atoms with Crippen LogP contribution in [0.5, 0.6) is 0 Å². The first-order valence-corrected chi connectivity index (χ1v) is 6.85. The fraction of sp³-hybridized carbons (Fsp3) is 0.600. The molecule has 0 saturated heterocycles. The highest BCUT2D eigenvalue weighted by Crippen LogP contribution is 2.19. The Labute approximate surface area is 110 Å². The number of hydrogen-bond acceptors (Lipinski definition) is 3. The molecule has 1 atom stereocenters. The van der Waals surface area contributed by atoms with E-state index in [1.807, 2.05) is 13.0 Å². The van der Waals surface area contributed by atoms with E-state index in [0.717, 1.165) is 30.6 Å². The topological polar surface area (TPSA) is 48.7 Å². The van der Waals surface area contributed by atoms with Crippen LogP contribution in [-0.2, 0) is 0 Å². The Morgan fingerprint density at radius 2 is 2.11 bits per heavy atom. The molecule has 0 aliphatic carbocycles. The van der Waals surface area contributed by atoms with E-state index < -0.39 is 0 Å². The Hall–Kier alpha value is -1.56. The summed E-state index contributed by atoms with van der Waals surface area (Å²) in [6, 6.07) is 4.55. The minimum atomic E-state index is 0.427. The summed E-state index contributed by atoms with van der Waals surface area (Å²) >= 11 is 0. The van der Waals surface area contributed by atoms with E-state index in [2.05, 4.69) is 30.2 Å². The van der Waals surface area contributed by atoms with Gasteiger partial charge in [0.25, 0.3) is 0 Å². The van der Waals surface area contributed by atoms with Gasteiger partial charge in [-0.05, 0) is 31.4 Å². The van der Waals surface area contributed by atoms with E-state index in [-0.39, 0.29) is 0 Å². The Morgan fingerprint density at radius 1 is 1.33 bits per heavy atom. The molecular weight excluding hydrogens is 222 g/mol. The molecule has 1 rings (SSSR count). The van der Waals surface area contributed by atoms with Crippen molar-refractivity contribution in [1.82, 2.24) is 4.98 Å². The Kier molecular flexibility index (Phi) is 6.21. The lowest BCUT2D eigenvalue weighted by Crippen LogP contribution is -2.20. The number of aryl methyl sites for hydroxylation is 1. The molecule has 1 aromatic heterocycles. The van der Waals surface area contributed by atoms with Gasteiger partial charge >= 0.3 is 0 Å². The highest BCUT2D eigenvalue weighted by Gasteiger charge is 2.12. The summed E-state index contributed by atoms with van der Waals surface area (Å²) in [6.07, 6.45) is 7.60. The van der Waals surface area contributed by atoms with Gasteiger partial charge in [-0.1, -0.05) is 33.1 Å². The zero-order chi connectivity index (χ0) is 13.4. The van der Waals surface area contributed by atoms with Gasteiger partial charge in [0.1, 0.15) is 11.9 Å². The third-order valence-corrected chi connectivity index (χ3v) is 3.16. The SMILES string of the molecule is CCCCC(CCC)Nc1nccc(C)c1C#N. The third-order valence-electron chi connectivity index (χ3n) is 3.16. The van der Waals surface area contributed by atoms with Crippen LogP contribution in [0.3, 0.4) is 0 Å². The summed E-state index contributed by atoms with van der Waals surface area (Å²) in [5.41, 5.74) is 1.66. The van der Waals surface area contributed by atoms with Crippen LogP contribution in [0.1, 0.15) is 57.1 Å². The summed E-state index contributed by atoms with van der Waals surface area (Å²) in [5.74, 6) is 0.743. The molecule has 1 N–H and O–H groups in total. The largest absolute Gasteiger partial charge is 0.366 e. The molecule has 0 amide bonds. The van der Waals surface area contributed by atoms with Crippen LogP contribution in [0.4, 0.5) is 5.82 Å². The number of pyridine rings is 1. The van der Waals surface area contributed by atoms with Crippen molar-refractivity contribution in [2.45, 2.75) is 58.9 Å². The average molecular weight is 245 g/mol. The summed E-state index contributed by atoms with van der Waals surface area (Å²) in [4.78, 5) is 4.31. The molecule has 3 nitrogen and oxygen atoms in total. The number of nitrogens with zero attached hydrogens (tertiary/aromatic N) is 2. The molecule has 0 aromatic carbocycles. The summed E-state index contributed by atoms with van der Waals surface area (Å²) in [7, 11) is 0. The second-order valence-electron chi connectivity index (χ2n) is 4.74. The lowest BCUT2D eigenvalue weighted by Gasteiger charge is -2.19. The minimum absolute atomic E-state index is 0.427. The smallest absolute Gasteiger partial charge is 0.144 e. The predicted octanol–water partition coefficient (Wildman–Crippen LogP) is 4.03. The number of rotatable bonds is 7. The van der Waals surface area contributed by atoms with E-state index >= 15 is 0 Å². The van der Waals surface area contributed by atoms with Crippen molar-refractivity contribution in [3.8, 4) is 6.07 Å². The fourth-order valence-corrected chi connectivity index (χ4v) is 2.09. The Balaban J connectivity index is 2.80. The lowest BCUT2D eigenvalue weighted by molar-refractivity contribution is 0.562. The standard InChI is InChI=1S/C15H23N3/c1-4-6-8-13(7-5-2)18-15-14(11-16)12(3)9-10-17-15/h9-10,13H,4-8H2,1-3H3,(H,17,18). The molecule has 0 saturated carbocycles. The first-order chi connectivity index (χ1) is 8.72. The minimum Gasteiger partial charge on any atom is -0.366 e. The van der Waals surface area contributed by atoms with E-state index in [0.29, 0.717) is 11.6 Å². The van der Waals surface area contributed by atoms with E-state index in [9.17, 15) is 5.26 Å². The van der Waals surface area contributed by atoms with Crippen LogP contribution < -0.4 is 5.32 Å². The predicted molar refractivity (Wildman–Crippen MR) is 75.5 cm³/mol. The number of anilines is 1. The molecule has 1 aromatic rings. The second kappa shape index (κ2) is 7.71. The molecule has 0 fully saturated rings. The van der Waals surface area contributed by atoms with E-state index in [1.54, 1.807) is 6.20 Å². The molecule has 0 spiro atoms. The maximum Gasteiger partial charge on any atom is 0.144 e. The Bertz CT molecular complexity index is 407. The number of nitrogens with one attached hydrogen (secondary N) is 1.